The van der Waals surface area contributed by atoms with Crippen LogP contribution in [0.15, 0.2) is 0 Å². The van der Waals surface area contributed by atoms with Gasteiger partial charge >= 0.3 is 18.2 Å². The van der Waals surface area contributed by atoms with E-state index >= 15 is 0 Å². The van der Waals surface area contributed by atoms with Crippen LogP contribution in [-0.2, 0) is 0 Å². The van der Waals surface area contributed by atoms with Gasteiger partial charge in [0.1, 0.15) is 0 Å². The number of hydrogen-bond donors (Lipinski definition) is 0. The van der Waals surface area contributed by atoms with E-state index in [1.54, 1.807) is 0 Å². The van der Waals surface area contributed by atoms with Gasteiger partial charge in [0.15, 0.2) is 0 Å². The average molecular weight is 262 g/mol. The average Bonchev–Trinajstić information content (AvgIpc) is 1.95. The second-order valence-corrected chi connectivity index (χ2v) is 14.3. The van der Waals surface area contributed by atoms with Crippen LogP contribution in [0.4, 0.5) is 0 Å². The van der Waals surface area contributed by atoms with Gasteiger partial charge in [-0.3, -0.25) is 0 Å². The molecule has 0 aliphatic carbocycles. The summed E-state index contributed by atoms with van der Waals surface area (Å²) in [5.74, 6) is 0. The van der Waals surface area contributed by atoms with Gasteiger partial charge in [-0.1, -0.05) is 52.2 Å². The highest BCUT2D eigenvalue weighted by Crippen LogP contribution is 2.27. The first-order valence-corrected chi connectivity index (χ1v) is 13.4. The Morgan fingerprint density at radius 3 is 2.17 bits per heavy atom. The third-order valence-electron chi connectivity index (χ3n) is 2.57. The molecule has 0 fully saturated rings. The molecule has 0 amide bonds. The molecule has 0 aliphatic heterocycles. The van der Waals surface area contributed by atoms with Crippen molar-refractivity contribution in [3.8, 4) is 0 Å². The zero-order chi connectivity index (χ0) is 9.61. The third kappa shape index (κ3) is 6.00. The fraction of sp³-hybridized carbons (Fsp3) is 1.00. The molecule has 0 aromatic rings. The molecule has 1 atom stereocenters. The lowest BCUT2D eigenvalue weighted by atomic mass is 10.2. The molecule has 0 radical (unpaired) electrons. The maximum atomic E-state index is 3.78. The van der Waals surface area contributed by atoms with Crippen molar-refractivity contribution < 1.29 is 0 Å². The van der Waals surface area contributed by atoms with Gasteiger partial charge in [0.25, 0.3) is 0 Å². The zero-order valence-corrected chi connectivity index (χ0v) is 13.0. The van der Waals surface area contributed by atoms with Crippen LogP contribution in [0.3, 0.4) is 0 Å². The standard InChI is InChI=1S/C9H21Si.BrH.Mg/c1-5-6-7-8-9-10(2,3)4;;/h9H,5-8H2,1-4H3;1H;/q;;+1/p-1. The van der Waals surface area contributed by atoms with E-state index in [9.17, 15) is 0 Å². The molecular formula is C9H21BrMgSi. The summed E-state index contributed by atoms with van der Waals surface area (Å²) in [6.07, 6.45) is 5.76. The molecule has 0 spiro atoms. The normalized spacial score (nSPS) is 14.1. The Kier molecular flexibility index (Phi) is 7.68. The van der Waals surface area contributed by atoms with Crippen LogP contribution in [0.25, 0.3) is 0 Å². The van der Waals surface area contributed by atoms with Crippen molar-refractivity contribution in [2.45, 2.75) is 55.9 Å². The van der Waals surface area contributed by atoms with E-state index in [1.165, 1.54) is 25.7 Å². The molecule has 0 saturated carbocycles. The van der Waals surface area contributed by atoms with Crippen molar-refractivity contribution >= 4 is 39.2 Å². The third-order valence-corrected chi connectivity index (χ3v) is 14.5. The number of hydrogen-bond acceptors (Lipinski definition) is 0. The lowest BCUT2D eigenvalue weighted by Crippen LogP contribution is -2.30. The predicted octanol–water partition coefficient (Wildman–Crippen LogP) is 4.25. The van der Waals surface area contributed by atoms with Gasteiger partial charge in [-0.15, -0.1) is 3.67 Å². The van der Waals surface area contributed by atoms with Gasteiger partial charge in [0.2, 0.25) is 0 Å². The van der Waals surface area contributed by atoms with E-state index < -0.39 is 8.07 Å². The predicted molar refractivity (Wildman–Crippen MR) is 65.9 cm³/mol. The molecule has 0 aromatic heterocycles. The van der Waals surface area contributed by atoms with Crippen LogP contribution in [-0.4, -0.2) is 26.3 Å². The molecule has 0 heterocycles. The lowest BCUT2D eigenvalue weighted by Gasteiger charge is -2.27. The second kappa shape index (κ2) is 6.85. The molecule has 0 nitrogen and oxygen atoms in total. The van der Waals surface area contributed by atoms with Crippen LogP contribution >= 0.6 is 12.9 Å². The second-order valence-electron chi connectivity index (χ2n) is 4.71. The van der Waals surface area contributed by atoms with E-state index in [2.05, 4.69) is 39.4 Å². The van der Waals surface area contributed by atoms with Crippen molar-refractivity contribution in [2.75, 3.05) is 0 Å². The Morgan fingerprint density at radius 2 is 1.83 bits per heavy atom. The number of unbranched alkanes of at least 4 members (excludes halogenated alkanes) is 2. The summed E-state index contributed by atoms with van der Waals surface area (Å²) >= 11 is 3.85. The van der Waals surface area contributed by atoms with Crippen LogP contribution in [0.2, 0.25) is 23.3 Å². The summed E-state index contributed by atoms with van der Waals surface area (Å²) in [6.45, 7) is 9.82. The Balaban J connectivity index is 3.68. The van der Waals surface area contributed by atoms with Crippen LogP contribution < -0.4 is 0 Å². The van der Waals surface area contributed by atoms with Crippen molar-refractivity contribution in [3.05, 3.63) is 0 Å². The van der Waals surface area contributed by atoms with Gasteiger partial charge in [0.05, 0.1) is 0 Å². The molecule has 0 aromatic carbocycles. The van der Waals surface area contributed by atoms with E-state index in [4.69, 9.17) is 0 Å². The molecule has 70 valence electrons. The Bertz CT molecular complexity index is 112. The van der Waals surface area contributed by atoms with Crippen molar-refractivity contribution in [1.29, 1.82) is 0 Å². The first kappa shape index (κ1) is 13.5. The van der Waals surface area contributed by atoms with Crippen molar-refractivity contribution in [3.63, 3.8) is 0 Å². The van der Waals surface area contributed by atoms with E-state index in [1.807, 2.05) is 0 Å². The van der Waals surface area contributed by atoms with Gasteiger partial charge in [0, 0.05) is 8.07 Å². The first-order valence-electron chi connectivity index (χ1n) is 5.08. The van der Waals surface area contributed by atoms with Gasteiger partial charge < -0.3 is 12.9 Å². The zero-order valence-electron chi connectivity index (χ0n) is 8.99. The van der Waals surface area contributed by atoms with Crippen LogP contribution in [0.5, 0.6) is 0 Å². The maximum absolute atomic E-state index is 3.78. The Hall–Kier alpha value is 1.46. The molecule has 0 aliphatic rings. The molecule has 0 saturated heterocycles. The fourth-order valence-corrected chi connectivity index (χ4v) is 14.5. The minimum Gasteiger partial charge on any atom is -0.307 e. The summed E-state index contributed by atoms with van der Waals surface area (Å²) in [6, 6.07) is 0. The van der Waals surface area contributed by atoms with E-state index in [0.29, 0.717) is 0 Å². The van der Waals surface area contributed by atoms with Gasteiger partial charge in [-0.05, 0) is 0 Å². The maximum Gasteiger partial charge on any atom is 0.469 e. The topological polar surface area (TPSA) is 0 Å². The summed E-state index contributed by atoms with van der Waals surface area (Å²) in [7, 11) is -0.822. The van der Waals surface area contributed by atoms with Crippen molar-refractivity contribution in [1.82, 2.24) is 0 Å². The van der Waals surface area contributed by atoms with Gasteiger partial charge in [-0.2, -0.15) is 0 Å². The number of halogens is 1. The largest absolute Gasteiger partial charge is 0.469 e. The van der Waals surface area contributed by atoms with E-state index in [0.717, 1.165) is 3.67 Å². The summed E-state index contributed by atoms with van der Waals surface area (Å²) in [5.41, 5.74) is 0. The minimum atomic E-state index is -0.822. The van der Waals surface area contributed by atoms with E-state index in [-0.39, 0.29) is 18.2 Å². The highest BCUT2D eigenvalue weighted by Gasteiger charge is 2.25. The van der Waals surface area contributed by atoms with Gasteiger partial charge in [-0.25, -0.2) is 0 Å². The molecule has 1 unspecified atom stereocenters. The fourth-order valence-electron chi connectivity index (χ4n) is 1.38. The molecule has 3 heteroatoms. The summed E-state index contributed by atoms with van der Waals surface area (Å²) in [5, 5.41) is 0. The molecule has 12 heavy (non-hydrogen) atoms. The lowest BCUT2D eigenvalue weighted by molar-refractivity contribution is 0.682. The number of rotatable bonds is 6. The molecule has 0 N–H and O–H groups in total. The quantitative estimate of drug-likeness (QED) is 0.495. The molecule has 0 bridgehead atoms. The molecule has 0 rings (SSSR count). The summed E-state index contributed by atoms with van der Waals surface area (Å²) in [4.78, 5) is 0. The highest BCUT2D eigenvalue weighted by atomic mass is 79.9. The highest BCUT2D eigenvalue weighted by molar-refractivity contribution is 9.23. The monoisotopic (exact) mass is 260 g/mol. The Labute approximate surface area is 94.5 Å². The van der Waals surface area contributed by atoms with Crippen LogP contribution in [0.1, 0.15) is 32.6 Å². The summed E-state index contributed by atoms with van der Waals surface area (Å²) < 4.78 is 1.11. The molecular weight excluding hydrogens is 240 g/mol. The minimum absolute atomic E-state index is 0.0700. The Morgan fingerprint density at radius 1 is 1.25 bits per heavy atom. The van der Waals surface area contributed by atoms with Crippen LogP contribution in [0, 0.1) is 0 Å². The smallest absolute Gasteiger partial charge is 0.307 e. The first-order chi connectivity index (χ1) is 5.52. The SMILES string of the molecule is CCCCC[CH]([Mg][Br])[Si](C)(C)C. The van der Waals surface area contributed by atoms with Crippen molar-refractivity contribution in [2.24, 2.45) is 0 Å².